The van der Waals surface area contributed by atoms with Gasteiger partial charge in [-0.15, -0.1) is 0 Å². The predicted octanol–water partition coefficient (Wildman–Crippen LogP) is 3.74. The first kappa shape index (κ1) is 17.2. The fraction of sp³-hybridized carbons (Fsp3) is 0.316. The van der Waals surface area contributed by atoms with Crippen molar-refractivity contribution in [2.24, 2.45) is 0 Å². The van der Waals surface area contributed by atoms with Gasteiger partial charge in [0.1, 0.15) is 23.1 Å². The standard InChI is InChI=1S/C19H19F2NO3/c1-11-18-12(8-14(24-2)10-17(18)25-3)6-7-22(11)19(23)15-5-4-13(20)9-16(15)21/h4-5,8-11H,6-7H2,1-3H3. The van der Waals surface area contributed by atoms with Gasteiger partial charge in [0.05, 0.1) is 25.8 Å². The molecule has 3 rings (SSSR count). The average Bonchev–Trinajstić information content (AvgIpc) is 2.60. The number of amides is 1. The zero-order valence-corrected chi connectivity index (χ0v) is 14.3. The van der Waals surface area contributed by atoms with E-state index in [9.17, 15) is 13.6 Å². The number of carbonyl (C=O) groups is 1. The van der Waals surface area contributed by atoms with Crippen LogP contribution in [0.3, 0.4) is 0 Å². The molecule has 1 unspecified atom stereocenters. The molecule has 1 aliphatic rings. The maximum absolute atomic E-state index is 14.0. The van der Waals surface area contributed by atoms with Crippen LogP contribution in [0.1, 0.15) is 34.5 Å². The van der Waals surface area contributed by atoms with E-state index in [1.165, 1.54) is 6.07 Å². The lowest BCUT2D eigenvalue weighted by Gasteiger charge is -2.36. The molecular weight excluding hydrogens is 328 g/mol. The Morgan fingerprint density at radius 2 is 1.92 bits per heavy atom. The Kier molecular flexibility index (Phi) is 4.61. The zero-order valence-electron chi connectivity index (χ0n) is 14.3. The van der Waals surface area contributed by atoms with Gasteiger partial charge in [-0.2, -0.15) is 0 Å². The monoisotopic (exact) mass is 347 g/mol. The Morgan fingerprint density at radius 3 is 2.56 bits per heavy atom. The number of halogens is 2. The summed E-state index contributed by atoms with van der Waals surface area (Å²) in [6.45, 7) is 2.30. The highest BCUT2D eigenvalue weighted by atomic mass is 19.1. The Hall–Kier alpha value is -2.63. The lowest BCUT2D eigenvalue weighted by molar-refractivity contribution is 0.0670. The van der Waals surface area contributed by atoms with Gasteiger partial charge in [0.2, 0.25) is 0 Å². The highest BCUT2D eigenvalue weighted by Gasteiger charge is 2.32. The summed E-state index contributed by atoms with van der Waals surface area (Å²) in [7, 11) is 3.14. The lowest BCUT2D eigenvalue weighted by Crippen LogP contribution is -2.39. The number of nitrogens with zero attached hydrogens (tertiary/aromatic N) is 1. The topological polar surface area (TPSA) is 38.8 Å². The molecule has 0 aliphatic carbocycles. The maximum Gasteiger partial charge on any atom is 0.257 e. The Balaban J connectivity index is 1.98. The normalized spacial score (nSPS) is 16.4. The fourth-order valence-corrected chi connectivity index (χ4v) is 3.31. The maximum atomic E-state index is 14.0. The smallest absolute Gasteiger partial charge is 0.257 e. The van der Waals surface area contributed by atoms with Crippen molar-refractivity contribution >= 4 is 5.91 Å². The summed E-state index contributed by atoms with van der Waals surface area (Å²) in [4.78, 5) is 14.3. The molecule has 0 saturated heterocycles. The summed E-state index contributed by atoms with van der Waals surface area (Å²) in [6.07, 6.45) is 0.599. The number of benzene rings is 2. The lowest BCUT2D eigenvalue weighted by atomic mass is 9.91. The molecule has 0 fully saturated rings. The van der Waals surface area contributed by atoms with E-state index in [2.05, 4.69) is 0 Å². The van der Waals surface area contributed by atoms with Crippen LogP contribution >= 0.6 is 0 Å². The number of hydrogen-bond donors (Lipinski definition) is 0. The van der Waals surface area contributed by atoms with E-state index in [1.807, 2.05) is 13.0 Å². The van der Waals surface area contributed by atoms with Gasteiger partial charge >= 0.3 is 0 Å². The second kappa shape index (κ2) is 6.70. The Labute approximate surface area is 145 Å². The molecule has 0 radical (unpaired) electrons. The molecule has 0 spiro atoms. The Morgan fingerprint density at radius 1 is 1.16 bits per heavy atom. The van der Waals surface area contributed by atoms with Gasteiger partial charge in [0, 0.05) is 24.2 Å². The first-order valence-electron chi connectivity index (χ1n) is 7.97. The number of methoxy groups -OCH3 is 2. The summed E-state index contributed by atoms with van der Waals surface area (Å²) in [5, 5.41) is 0. The van der Waals surface area contributed by atoms with Crippen LogP contribution in [0.2, 0.25) is 0 Å². The van der Waals surface area contributed by atoms with Crippen LogP contribution in [0.5, 0.6) is 11.5 Å². The molecule has 6 heteroatoms. The molecule has 0 bridgehead atoms. The van der Waals surface area contributed by atoms with Crippen LogP contribution in [0.15, 0.2) is 30.3 Å². The van der Waals surface area contributed by atoms with Crippen molar-refractivity contribution in [3.05, 3.63) is 58.7 Å². The summed E-state index contributed by atoms with van der Waals surface area (Å²) < 4.78 is 37.8. The molecule has 1 amide bonds. The van der Waals surface area contributed by atoms with Crippen molar-refractivity contribution in [2.45, 2.75) is 19.4 Å². The van der Waals surface area contributed by atoms with Crippen LogP contribution in [0, 0.1) is 11.6 Å². The summed E-state index contributed by atoms with van der Waals surface area (Å²) in [5.74, 6) is -0.718. The largest absolute Gasteiger partial charge is 0.497 e. The molecule has 25 heavy (non-hydrogen) atoms. The van der Waals surface area contributed by atoms with Gasteiger partial charge < -0.3 is 14.4 Å². The van der Waals surface area contributed by atoms with Gasteiger partial charge in [0.15, 0.2) is 0 Å². The van der Waals surface area contributed by atoms with E-state index in [1.54, 1.807) is 25.2 Å². The van der Waals surface area contributed by atoms with Crippen molar-refractivity contribution in [1.82, 2.24) is 4.90 Å². The molecule has 1 aliphatic heterocycles. The molecule has 2 aromatic rings. The molecule has 1 atom stereocenters. The third-order valence-corrected chi connectivity index (χ3v) is 4.59. The third-order valence-electron chi connectivity index (χ3n) is 4.59. The second-order valence-corrected chi connectivity index (χ2v) is 5.95. The zero-order chi connectivity index (χ0) is 18.1. The van der Waals surface area contributed by atoms with E-state index in [0.717, 1.165) is 23.3 Å². The van der Waals surface area contributed by atoms with Crippen molar-refractivity contribution in [3.8, 4) is 11.5 Å². The van der Waals surface area contributed by atoms with Gasteiger partial charge in [-0.1, -0.05) is 0 Å². The molecule has 2 aromatic carbocycles. The van der Waals surface area contributed by atoms with Crippen molar-refractivity contribution in [2.75, 3.05) is 20.8 Å². The first-order chi connectivity index (χ1) is 12.0. The summed E-state index contributed by atoms with van der Waals surface area (Å²) in [6, 6.07) is 6.38. The van der Waals surface area contributed by atoms with Crippen molar-refractivity contribution in [1.29, 1.82) is 0 Å². The molecule has 0 saturated carbocycles. The fourth-order valence-electron chi connectivity index (χ4n) is 3.31. The average molecular weight is 347 g/mol. The van der Waals surface area contributed by atoms with Crippen molar-refractivity contribution in [3.63, 3.8) is 0 Å². The molecule has 0 N–H and O–H groups in total. The van der Waals surface area contributed by atoms with Gasteiger partial charge in [-0.05, 0) is 37.1 Å². The second-order valence-electron chi connectivity index (χ2n) is 5.95. The number of ether oxygens (including phenoxy) is 2. The third kappa shape index (κ3) is 3.04. The number of hydrogen-bond acceptors (Lipinski definition) is 3. The van der Waals surface area contributed by atoms with E-state index in [4.69, 9.17) is 9.47 Å². The molecular formula is C19H19F2NO3. The van der Waals surface area contributed by atoms with Gasteiger partial charge in [-0.3, -0.25) is 4.79 Å². The summed E-state index contributed by atoms with van der Waals surface area (Å²) >= 11 is 0. The van der Waals surface area contributed by atoms with E-state index >= 15 is 0 Å². The number of rotatable bonds is 3. The first-order valence-corrected chi connectivity index (χ1v) is 7.97. The van der Waals surface area contributed by atoms with Crippen LogP contribution < -0.4 is 9.47 Å². The van der Waals surface area contributed by atoms with Crippen LogP contribution in [-0.2, 0) is 6.42 Å². The quantitative estimate of drug-likeness (QED) is 0.849. The van der Waals surface area contributed by atoms with Crippen LogP contribution in [0.4, 0.5) is 8.78 Å². The Bertz CT molecular complexity index is 805. The SMILES string of the molecule is COc1cc2c(c(OC)c1)C(C)N(C(=O)c1ccc(F)cc1F)CC2. The van der Waals surface area contributed by atoms with E-state index in [-0.39, 0.29) is 11.6 Å². The number of fused-ring (bicyclic) bond motifs is 1. The van der Waals surface area contributed by atoms with Crippen LogP contribution in [-0.4, -0.2) is 31.6 Å². The van der Waals surface area contributed by atoms with E-state index in [0.29, 0.717) is 24.5 Å². The molecule has 132 valence electrons. The molecule has 0 aromatic heterocycles. The highest BCUT2D eigenvalue weighted by molar-refractivity contribution is 5.95. The van der Waals surface area contributed by atoms with Crippen LogP contribution in [0.25, 0.3) is 0 Å². The van der Waals surface area contributed by atoms with Gasteiger partial charge in [-0.25, -0.2) is 8.78 Å². The number of carbonyl (C=O) groups excluding carboxylic acids is 1. The minimum absolute atomic E-state index is 0.135. The highest BCUT2D eigenvalue weighted by Crippen LogP contribution is 2.39. The van der Waals surface area contributed by atoms with Crippen molar-refractivity contribution < 1.29 is 23.0 Å². The molecule has 4 nitrogen and oxygen atoms in total. The molecule has 1 heterocycles. The summed E-state index contributed by atoms with van der Waals surface area (Å²) in [5.41, 5.74) is 1.78. The van der Waals surface area contributed by atoms with Gasteiger partial charge in [0.25, 0.3) is 5.91 Å². The minimum Gasteiger partial charge on any atom is -0.497 e. The minimum atomic E-state index is -0.857. The predicted molar refractivity (Wildman–Crippen MR) is 89.1 cm³/mol. The van der Waals surface area contributed by atoms with E-state index < -0.39 is 17.5 Å².